The number of aryl methyl sites for hydroxylation is 1. The first-order valence-electron chi connectivity index (χ1n) is 5.48. The summed E-state index contributed by atoms with van der Waals surface area (Å²) in [6, 6.07) is 7.89. The second-order valence-corrected chi connectivity index (χ2v) is 5.88. The average Bonchev–Trinajstić information content (AvgIpc) is 2.16. The molecule has 90 valence electrons. The van der Waals surface area contributed by atoms with Crippen LogP contribution in [0.25, 0.3) is 0 Å². The molecule has 0 aliphatic rings. The van der Waals surface area contributed by atoms with E-state index in [4.69, 9.17) is 0 Å². The van der Waals surface area contributed by atoms with Gasteiger partial charge >= 0.3 is 0 Å². The average molecular weight is 241 g/mol. The molecule has 0 spiro atoms. The fourth-order valence-corrected chi connectivity index (χ4v) is 2.43. The van der Waals surface area contributed by atoms with E-state index in [1.807, 2.05) is 19.1 Å². The van der Waals surface area contributed by atoms with E-state index < -0.39 is 10.0 Å². The lowest BCUT2D eigenvalue weighted by molar-refractivity contribution is 0.573. The first-order chi connectivity index (χ1) is 7.42. The Morgan fingerprint density at radius 3 is 2.25 bits per heavy atom. The fraction of sp³-hybridized carbons (Fsp3) is 0.500. The lowest BCUT2D eigenvalue weighted by atomic mass is 10.0. The van der Waals surface area contributed by atoms with Crippen molar-refractivity contribution >= 4 is 10.0 Å². The van der Waals surface area contributed by atoms with Crippen LogP contribution in [-0.4, -0.2) is 14.7 Å². The Bertz CT molecular complexity index is 423. The summed E-state index contributed by atoms with van der Waals surface area (Å²) in [6.07, 6.45) is 3.36. The molecule has 0 fully saturated rings. The van der Waals surface area contributed by atoms with Crippen LogP contribution < -0.4 is 4.72 Å². The molecule has 0 saturated heterocycles. The van der Waals surface area contributed by atoms with Gasteiger partial charge in [0.15, 0.2) is 0 Å². The third-order valence-corrected chi connectivity index (χ3v) is 3.19. The molecule has 4 heteroatoms. The molecular weight excluding hydrogens is 222 g/mol. The summed E-state index contributed by atoms with van der Waals surface area (Å²) in [5.41, 5.74) is 2.28. The molecule has 1 unspecified atom stereocenters. The lowest BCUT2D eigenvalue weighted by Crippen LogP contribution is -2.25. The van der Waals surface area contributed by atoms with Crippen molar-refractivity contribution in [1.29, 1.82) is 0 Å². The zero-order valence-corrected chi connectivity index (χ0v) is 10.8. The monoisotopic (exact) mass is 241 g/mol. The Labute approximate surface area is 97.9 Å². The van der Waals surface area contributed by atoms with E-state index in [-0.39, 0.29) is 6.04 Å². The van der Waals surface area contributed by atoms with E-state index in [0.717, 1.165) is 18.4 Å². The SMILES string of the molecule is CCCc1ccc(C(C)NS(C)(=O)=O)cc1. The molecule has 0 aromatic heterocycles. The van der Waals surface area contributed by atoms with Gasteiger partial charge in [-0.3, -0.25) is 0 Å². The smallest absolute Gasteiger partial charge is 0.209 e. The highest BCUT2D eigenvalue weighted by Crippen LogP contribution is 2.14. The molecule has 1 atom stereocenters. The van der Waals surface area contributed by atoms with Gasteiger partial charge < -0.3 is 0 Å². The summed E-state index contributed by atoms with van der Waals surface area (Å²) in [5.74, 6) is 0. The molecule has 0 heterocycles. The number of hydrogen-bond donors (Lipinski definition) is 1. The molecule has 0 bridgehead atoms. The van der Waals surface area contributed by atoms with Gasteiger partial charge in [-0.2, -0.15) is 0 Å². The molecule has 1 rings (SSSR count). The molecule has 16 heavy (non-hydrogen) atoms. The normalized spacial score (nSPS) is 13.7. The van der Waals surface area contributed by atoms with Crippen molar-refractivity contribution in [2.24, 2.45) is 0 Å². The van der Waals surface area contributed by atoms with E-state index >= 15 is 0 Å². The summed E-state index contributed by atoms with van der Waals surface area (Å²) in [6.45, 7) is 3.98. The summed E-state index contributed by atoms with van der Waals surface area (Å²) >= 11 is 0. The van der Waals surface area contributed by atoms with Crippen LogP contribution in [-0.2, 0) is 16.4 Å². The van der Waals surface area contributed by atoms with Crippen molar-refractivity contribution in [3.8, 4) is 0 Å². The van der Waals surface area contributed by atoms with Crippen molar-refractivity contribution in [2.45, 2.75) is 32.7 Å². The van der Waals surface area contributed by atoms with E-state index in [2.05, 4.69) is 23.8 Å². The minimum atomic E-state index is -3.14. The Balaban J connectivity index is 2.74. The van der Waals surface area contributed by atoms with Crippen LogP contribution in [0.4, 0.5) is 0 Å². The third kappa shape index (κ3) is 4.33. The summed E-state index contributed by atoms with van der Waals surface area (Å²) < 4.78 is 24.7. The maximum atomic E-state index is 11.1. The standard InChI is InChI=1S/C12H19NO2S/c1-4-5-11-6-8-12(9-7-11)10(2)13-16(3,14)15/h6-10,13H,4-5H2,1-3H3. The first-order valence-corrected chi connectivity index (χ1v) is 7.37. The topological polar surface area (TPSA) is 46.2 Å². The zero-order valence-electron chi connectivity index (χ0n) is 10.0. The Hall–Kier alpha value is -0.870. The highest BCUT2D eigenvalue weighted by atomic mass is 32.2. The third-order valence-electron chi connectivity index (χ3n) is 2.41. The molecule has 1 N–H and O–H groups in total. The van der Waals surface area contributed by atoms with Gasteiger partial charge in [-0.05, 0) is 24.5 Å². The number of benzene rings is 1. The highest BCUT2D eigenvalue weighted by molar-refractivity contribution is 7.88. The number of rotatable bonds is 5. The first kappa shape index (κ1) is 13.2. The summed E-state index contributed by atoms with van der Waals surface area (Å²) in [5, 5.41) is 0. The molecule has 0 radical (unpaired) electrons. The number of hydrogen-bond acceptors (Lipinski definition) is 2. The Morgan fingerprint density at radius 2 is 1.81 bits per heavy atom. The highest BCUT2D eigenvalue weighted by Gasteiger charge is 2.10. The van der Waals surface area contributed by atoms with Crippen molar-refractivity contribution in [3.63, 3.8) is 0 Å². The maximum absolute atomic E-state index is 11.1. The zero-order chi connectivity index (χ0) is 12.2. The largest absolute Gasteiger partial charge is 0.213 e. The van der Waals surface area contributed by atoms with Crippen molar-refractivity contribution in [3.05, 3.63) is 35.4 Å². The van der Waals surface area contributed by atoms with Crippen LogP contribution in [0.1, 0.15) is 37.4 Å². The molecule has 1 aromatic rings. The van der Waals surface area contributed by atoms with Gasteiger partial charge in [0, 0.05) is 6.04 Å². The lowest BCUT2D eigenvalue weighted by Gasteiger charge is -2.12. The number of nitrogens with one attached hydrogen (secondary N) is 1. The van der Waals surface area contributed by atoms with E-state index in [1.165, 1.54) is 11.8 Å². The molecule has 0 aliphatic heterocycles. The van der Waals surface area contributed by atoms with Gasteiger partial charge in [-0.25, -0.2) is 13.1 Å². The van der Waals surface area contributed by atoms with Crippen LogP contribution in [0.15, 0.2) is 24.3 Å². The van der Waals surface area contributed by atoms with E-state index in [9.17, 15) is 8.42 Å². The Kier molecular flexibility index (Phi) is 4.50. The van der Waals surface area contributed by atoms with Gasteiger partial charge in [0.25, 0.3) is 0 Å². The van der Waals surface area contributed by atoms with Crippen LogP contribution in [0, 0.1) is 0 Å². The van der Waals surface area contributed by atoms with Crippen LogP contribution >= 0.6 is 0 Å². The molecule has 3 nitrogen and oxygen atoms in total. The molecule has 0 amide bonds. The van der Waals surface area contributed by atoms with Crippen LogP contribution in [0.3, 0.4) is 0 Å². The maximum Gasteiger partial charge on any atom is 0.209 e. The van der Waals surface area contributed by atoms with Crippen molar-refractivity contribution < 1.29 is 8.42 Å². The van der Waals surface area contributed by atoms with E-state index in [0.29, 0.717) is 0 Å². The van der Waals surface area contributed by atoms with Crippen molar-refractivity contribution in [2.75, 3.05) is 6.26 Å². The minimum absolute atomic E-state index is 0.175. The van der Waals surface area contributed by atoms with Crippen LogP contribution in [0.5, 0.6) is 0 Å². The van der Waals surface area contributed by atoms with Gasteiger partial charge in [0.1, 0.15) is 0 Å². The van der Waals surface area contributed by atoms with Gasteiger partial charge in [-0.15, -0.1) is 0 Å². The molecule has 1 aromatic carbocycles. The molecule has 0 saturated carbocycles. The van der Waals surface area contributed by atoms with Gasteiger partial charge in [0.2, 0.25) is 10.0 Å². The van der Waals surface area contributed by atoms with Crippen molar-refractivity contribution in [1.82, 2.24) is 4.72 Å². The van der Waals surface area contributed by atoms with Gasteiger partial charge in [0.05, 0.1) is 6.26 Å². The second kappa shape index (κ2) is 5.46. The summed E-state index contributed by atoms with van der Waals surface area (Å²) in [7, 11) is -3.14. The summed E-state index contributed by atoms with van der Waals surface area (Å²) in [4.78, 5) is 0. The minimum Gasteiger partial charge on any atom is -0.213 e. The quantitative estimate of drug-likeness (QED) is 0.859. The predicted molar refractivity (Wildman–Crippen MR) is 66.8 cm³/mol. The van der Waals surface area contributed by atoms with E-state index in [1.54, 1.807) is 0 Å². The number of sulfonamides is 1. The fourth-order valence-electron chi connectivity index (χ4n) is 1.65. The molecule has 0 aliphatic carbocycles. The second-order valence-electron chi connectivity index (χ2n) is 4.10. The van der Waals surface area contributed by atoms with Gasteiger partial charge in [-0.1, -0.05) is 37.6 Å². The molecular formula is C12H19NO2S. The van der Waals surface area contributed by atoms with Crippen LogP contribution in [0.2, 0.25) is 0 Å². The predicted octanol–water partition coefficient (Wildman–Crippen LogP) is 2.25. The Morgan fingerprint density at radius 1 is 1.25 bits per heavy atom.